The van der Waals surface area contributed by atoms with Gasteiger partial charge in [-0.3, -0.25) is 0 Å². The summed E-state index contributed by atoms with van der Waals surface area (Å²) in [4.78, 5) is 0. The molecule has 0 spiro atoms. The number of hydrogen-bond acceptors (Lipinski definition) is 2. The van der Waals surface area contributed by atoms with Gasteiger partial charge in [0.2, 0.25) is 0 Å². The summed E-state index contributed by atoms with van der Waals surface area (Å²) in [6, 6.07) is 0. The lowest BCUT2D eigenvalue weighted by Gasteiger charge is -2.44. The summed E-state index contributed by atoms with van der Waals surface area (Å²) in [6.07, 6.45) is 6.00. The normalized spacial score (nSPS) is 45.2. The third-order valence-corrected chi connectivity index (χ3v) is 4.52. The number of rotatable bonds is 1. The third kappa shape index (κ3) is 1.23. The molecule has 0 saturated heterocycles. The molecule has 2 nitrogen and oxygen atoms in total. The molecule has 2 aliphatic rings. The monoisotopic (exact) mass is 184 g/mol. The van der Waals surface area contributed by atoms with Crippen LogP contribution in [0.3, 0.4) is 0 Å². The van der Waals surface area contributed by atoms with E-state index in [-0.39, 0.29) is 5.41 Å². The van der Waals surface area contributed by atoms with Gasteiger partial charge in [0.15, 0.2) is 6.29 Å². The number of hydrogen-bond donors (Lipinski definition) is 2. The molecule has 2 N–H and O–H groups in total. The molecule has 0 aromatic heterocycles. The molecule has 0 radical (unpaired) electrons. The van der Waals surface area contributed by atoms with Gasteiger partial charge in [0, 0.05) is 5.41 Å². The summed E-state index contributed by atoms with van der Waals surface area (Å²) in [5.74, 6) is 1.08. The zero-order valence-corrected chi connectivity index (χ0v) is 8.37. The van der Waals surface area contributed by atoms with E-state index >= 15 is 0 Å². The van der Waals surface area contributed by atoms with Gasteiger partial charge in [-0.05, 0) is 37.5 Å². The predicted molar refractivity (Wildman–Crippen MR) is 51.0 cm³/mol. The first-order valence-corrected chi connectivity index (χ1v) is 5.54. The lowest BCUT2D eigenvalue weighted by molar-refractivity contribution is -0.177. The molecule has 0 bridgehead atoms. The van der Waals surface area contributed by atoms with Crippen LogP contribution in [0.1, 0.15) is 45.4 Å². The fourth-order valence-corrected chi connectivity index (χ4v) is 3.67. The van der Waals surface area contributed by atoms with Crippen molar-refractivity contribution in [1.29, 1.82) is 0 Å². The van der Waals surface area contributed by atoms with Gasteiger partial charge in [0.1, 0.15) is 0 Å². The van der Waals surface area contributed by atoms with Gasteiger partial charge in [-0.2, -0.15) is 0 Å². The Morgan fingerprint density at radius 1 is 1.15 bits per heavy atom. The number of aliphatic hydroxyl groups is 2. The van der Waals surface area contributed by atoms with E-state index in [1.165, 1.54) is 32.1 Å². The molecule has 2 fully saturated rings. The van der Waals surface area contributed by atoms with Crippen LogP contribution in [0.4, 0.5) is 0 Å². The molecular weight excluding hydrogens is 164 g/mol. The molecule has 13 heavy (non-hydrogen) atoms. The van der Waals surface area contributed by atoms with Gasteiger partial charge in [0.25, 0.3) is 0 Å². The Kier molecular flexibility index (Phi) is 2.37. The average Bonchev–Trinajstić information content (AvgIpc) is 2.46. The molecule has 0 heterocycles. The minimum absolute atomic E-state index is 0.141. The van der Waals surface area contributed by atoms with Crippen molar-refractivity contribution in [1.82, 2.24) is 0 Å². The van der Waals surface area contributed by atoms with Gasteiger partial charge in [-0.1, -0.05) is 19.8 Å². The molecule has 3 unspecified atom stereocenters. The van der Waals surface area contributed by atoms with Gasteiger partial charge < -0.3 is 10.2 Å². The highest BCUT2D eigenvalue weighted by Gasteiger charge is 2.52. The van der Waals surface area contributed by atoms with E-state index in [1.807, 2.05) is 0 Å². The first-order valence-electron chi connectivity index (χ1n) is 5.54. The average molecular weight is 184 g/mol. The first-order chi connectivity index (χ1) is 6.18. The fraction of sp³-hybridized carbons (Fsp3) is 1.00. The summed E-state index contributed by atoms with van der Waals surface area (Å²) in [6.45, 7) is 2.19. The third-order valence-electron chi connectivity index (χ3n) is 4.52. The first kappa shape index (κ1) is 9.47. The second-order valence-corrected chi connectivity index (χ2v) is 4.91. The lowest BCUT2D eigenvalue weighted by atomic mass is 9.64. The van der Waals surface area contributed by atoms with E-state index in [2.05, 4.69) is 6.92 Å². The molecule has 0 aromatic rings. The Bertz CT molecular complexity index is 189. The van der Waals surface area contributed by atoms with Crippen molar-refractivity contribution in [3.05, 3.63) is 0 Å². The summed E-state index contributed by atoms with van der Waals surface area (Å²) >= 11 is 0. The van der Waals surface area contributed by atoms with Crippen LogP contribution >= 0.6 is 0 Å². The van der Waals surface area contributed by atoms with Crippen molar-refractivity contribution in [2.24, 2.45) is 17.3 Å². The van der Waals surface area contributed by atoms with Crippen molar-refractivity contribution in [3.63, 3.8) is 0 Å². The molecule has 0 amide bonds. The van der Waals surface area contributed by atoms with Crippen LogP contribution in [0.25, 0.3) is 0 Å². The van der Waals surface area contributed by atoms with Gasteiger partial charge >= 0.3 is 0 Å². The zero-order chi connectivity index (χ0) is 9.47. The molecular formula is C11H20O2. The van der Waals surface area contributed by atoms with Crippen LogP contribution in [-0.2, 0) is 0 Å². The van der Waals surface area contributed by atoms with E-state index in [0.29, 0.717) is 11.8 Å². The highest BCUT2D eigenvalue weighted by atomic mass is 16.5. The van der Waals surface area contributed by atoms with E-state index in [4.69, 9.17) is 0 Å². The van der Waals surface area contributed by atoms with Crippen LogP contribution < -0.4 is 0 Å². The maximum Gasteiger partial charge on any atom is 0.157 e. The summed E-state index contributed by atoms with van der Waals surface area (Å²) < 4.78 is 0. The Labute approximate surface area is 80.0 Å². The van der Waals surface area contributed by atoms with E-state index in [9.17, 15) is 10.2 Å². The quantitative estimate of drug-likeness (QED) is 0.611. The van der Waals surface area contributed by atoms with Gasteiger partial charge in [0.05, 0.1) is 0 Å². The van der Waals surface area contributed by atoms with Crippen molar-refractivity contribution >= 4 is 0 Å². The second kappa shape index (κ2) is 3.25. The summed E-state index contributed by atoms with van der Waals surface area (Å²) in [7, 11) is 0. The number of fused-ring (bicyclic) bond motifs is 1. The summed E-state index contributed by atoms with van der Waals surface area (Å²) in [5, 5.41) is 19.1. The van der Waals surface area contributed by atoms with Crippen molar-refractivity contribution in [2.75, 3.05) is 0 Å². The smallest absolute Gasteiger partial charge is 0.157 e. The van der Waals surface area contributed by atoms with Crippen LogP contribution in [-0.4, -0.2) is 16.5 Å². The van der Waals surface area contributed by atoms with E-state index in [1.54, 1.807) is 0 Å². The molecule has 76 valence electrons. The summed E-state index contributed by atoms with van der Waals surface area (Å²) in [5.41, 5.74) is -0.141. The van der Waals surface area contributed by atoms with Crippen LogP contribution in [0.15, 0.2) is 0 Å². The lowest BCUT2D eigenvalue weighted by Crippen LogP contribution is -2.44. The minimum atomic E-state index is -1.09. The topological polar surface area (TPSA) is 40.5 Å². The molecule has 0 aromatic carbocycles. The number of aliphatic hydroxyl groups excluding tert-OH is 1. The predicted octanol–water partition coefficient (Wildman–Crippen LogP) is 1.90. The second-order valence-electron chi connectivity index (χ2n) is 4.91. The van der Waals surface area contributed by atoms with E-state index in [0.717, 1.165) is 6.42 Å². The van der Waals surface area contributed by atoms with Gasteiger partial charge in [-0.15, -0.1) is 0 Å². The highest BCUT2D eigenvalue weighted by Crippen LogP contribution is 2.56. The highest BCUT2D eigenvalue weighted by molar-refractivity contribution is 4.99. The van der Waals surface area contributed by atoms with Crippen molar-refractivity contribution in [2.45, 2.75) is 51.7 Å². The Morgan fingerprint density at radius 2 is 1.92 bits per heavy atom. The largest absolute Gasteiger partial charge is 0.368 e. The van der Waals surface area contributed by atoms with Crippen LogP contribution in [0.5, 0.6) is 0 Å². The molecule has 2 heteroatoms. The maximum atomic E-state index is 9.56. The molecule has 2 saturated carbocycles. The van der Waals surface area contributed by atoms with Crippen LogP contribution in [0, 0.1) is 17.3 Å². The van der Waals surface area contributed by atoms with E-state index < -0.39 is 6.29 Å². The standard InChI is InChI=1S/C11H20O2/c1-8-5-6-9-4-2-3-7-11(8,9)10(12)13/h8-10,12-13H,2-7H2,1H3. The van der Waals surface area contributed by atoms with Crippen LogP contribution in [0.2, 0.25) is 0 Å². The van der Waals surface area contributed by atoms with Crippen molar-refractivity contribution < 1.29 is 10.2 Å². The SMILES string of the molecule is CC1CCC2CCCCC12C(O)O. The Balaban J connectivity index is 2.25. The fourth-order valence-electron chi connectivity index (χ4n) is 3.67. The molecule has 3 atom stereocenters. The maximum absolute atomic E-state index is 9.56. The zero-order valence-electron chi connectivity index (χ0n) is 8.37. The molecule has 2 rings (SSSR count). The Morgan fingerprint density at radius 3 is 2.54 bits per heavy atom. The van der Waals surface area contributed by atoms with Crippen molar-refractivity contribution in [3.8, 4) is 0 Å². The minimum Gasteiger partial charge on any atom is -0.368 e. The van der Waals surface area contributed by atoms with Gasteiger partial charge in [-0.25, -0.2) is 0 Å². The molecule has 2 aliphatic carbocycles. The molecule has 0 aliphatic heterocycles. The Hall–Kier alpha value is -0.0800.